The fourth-order valence-electron chi connectivity index (χ4n) is 2.51. The number of ether oxygens (including phenoxy) is 1. The van der Waals surface area contributed by atoms with Crippen molar-refractivity contribution >= 4 is 22.4 Å². The summed E-state index contributed by atoms with van der Waals surface area (Å²) in [4.78, 5) is 16.9. The first-order valence-electron chi connectivity index (χ1n) is 8.13. The molecular weight excluding hydrogens is 332 g/mol. The van der Waals surface area contributed by atoms with Gasteiger partial charge in [0.15, 0.2) is 5.13 Å². The molecule has 2 aromatic carbocycles. The van der Waals surface area contributed by atoms with Gasteiger partial charge in [-0.05, 0) is 29.7 Å². The minimum atomic E-state index is -0.166. The zero-order chi connectivity index (χ0) is 17.6. The number of aryl methyl sites for hydroxylation is 1. The Morgan fingerprint density at radius 1 is 1.16 bits per heavy atom. The van der Waals surface area contributed by atoms with Gasteiger partial charge in [-0.1, -0.05) is 43.3 Å². The van der Waals surface area contributed by atoms with Gasteiger partial charge < -0.3 is 4.74 Å². The number of thiazole rings is 1. The summed E-state index contributed by atoms with van der Waals surface area (Å²) in [6.45, 7) is 2.61. The summed E-state index contributed by atoms with van der Waals surface area (Å²) in [5.74, 6) is -0.166. The molecule has 4 nitrogen and oxygen atoms in total. The molecule has 5 heteroatoms. The number of anilines is 1. The van der Waals surface area contributed by atoms with Gasteiger partial charge in [-0.25, -0.2) is 4.98 Å². The number of nitrogens with zero attached hydrogens (tertiary/aromatic N) is 1. The molecule has 0 aliphatic rings. The minimum Gasteiger partial charge on any atom is -0.380 e. The Kier molecular flexibility index (Phi) is 5.58. The van der Waals surface area contributed by atoms with Crippen LogP contribution in [0.2, 0.25) is 0 Å². The number of hydrogen-bond acceptors (Lipinski definition) is 4. The molecule has 25 heavy (non-hydrogen) atoms. The molecule has 0 bridgehead atoms. The number of carbonyl (C=O) groups excluding carboxylic acids is 1. The first-order chi connectivity index (χ1) is 12.2. The molecule has 0 radical (unpaired) electrons. The zero-order valence-electron chi connectivity index (χ0n) is 14.3. The highest BCUT2D eigenvalue weighted by atomic mass is 32.1. The molecule has 0 saturated carbocycles. The van der Waals surface area contributed by atoms with Crippen molar-refractivity contribution in [3.8, 4) is 11.3 Å². The van der Waals surface area contributed by atoms with Crippen LogP contribution in [0.25, 0.3) is 11.3 Å². The maximum Gasteiger partial charge on any atom is 0.257 e. The van der Waals surface area contributed by atoms with E-state index >= 15 is 0 Å². The van der Waals surface area contributed by atoms with E-state index in [4.69, 9.17) is 4.74 Å². The summed E-state index contributed by atoms with van der Waals surface area (Å²) in [5, 5.41) is 5.42. The van der Waals surface area contributed by atoms with Gasteiger partial charge in [0.25, 0.3) is 5.91 Å². The van der Waals surface area contributed by atoms with Gasteiger partial charge in [-0.3, -0.25) is 10.1 Å². The monoisotopic (exact) mass is 352 g/mol. The summed E-state index contributed by atoms with van der Waals surface area (Å²) in [6, 6.07) is 15.7. The largest absolute Gasteiger partial charge is 0.380 e. The highest BCUT2D eigenvalue weighted by Gasteiger charge is 2.10. The standard InChI is InChI=1S/C20H20N2O2S/c1-3-14-7-9-16(10-8-14)18-13-25-20(21-18)22-19(23)17-6-4-5-15(11-17)12-24-2/h4-11,13H,3,12H2,1-2H3,(H,21,22,23). The fourth-order valence-corrected chi connectivity index (χ4v) is 3.23. The number of nitrogens with one attached hydrogen (secondary N) is 1. The van der Waals surface area contributed by atoms with Crippen molar-refractivity contribution < 1.29 is 9.53 Å². The summed E-state index contributed by atoms with van der Waals surface area (Å²) >= 11 is 1.42. The van der Waals surface area contributed by atoms with Gasteiger partial charge in [0.1, 0.15) is 0 Å². The predicted molar refractivity (Wildman–Crippen MR) is 102 cm³/mol. The average Bonchev–Trinajstić information content (AvgIpc) is 3.11. The van der Waals surface area contributed by atoms with Gasteiger partial charge in [0, 0.05) is 23.6 Å². The molecule has 0 fully saturated rings. The number of amides is 1. The molecule has 0 spiro atoms. The van der Waals surface area contributed by atoms with Gasteiger partial charge >= 0.3 is 0 Å². The lowest BCUT2D eigenvalue weighted by Crippen LogP contribution is -2.12. The smallest absolute Gasteiger partial charge is 0.257 e. The Bertz CT molecular complexity index is 856. The van der Waals surface area contributed by atoms with E-state index in [0.717, 1.165) is 23.2 Å². The van der Waals surface area contributed by atoms with Crippen LogP contribution in [0, 0.1) is 0 Å². The molecule has 0 aliphatic heterocycles. The third-order valence-corrected chi connectivity index (χ3v) is 4.64. The van der Waals surface area contributed by atoms with Crippen LogP contribution in [0.15, 0.2) is 53.9 Å². The lowest BCUT2D eigenvalue weighted by atomic mass is 10.1. The molecule has 1 amide bonds. The van der Waals surface area contributed by atoms with Crippen molar-refractivity contribution in [1.82, 2.24) is 4.98 Å². The van der Waals surface area contributed by atoms with Crippen LogP contribution in [-0.2, 0) is 17.8 Å². The number of benzene rings is 2. The second-order valence-corrected chi connectivity index (χ2v) is 6.53. The molecule has 128 valence electrons. The molecule has 3 aromatic rings. The predicted octanol–water partition coefficient (Wildman–Crippen LogP) is 4.77. The summed E-state index contributed by atoms with van der Waals surface area (Å²) in [5.41, 5.74) is 4.78. The second-order valence-electron chi connectivity index (χ2n) is 5.68. The minimum absolute atomic E-state index is 0.166. The SMILES string of the molecule is CCc1ccc(-c2csc(NC(=O)c3cccc(COC)c3)n2)cc1. The Morgan fingerprint density at radius 2 is 1.96 bits per heavy atom. The van der Waals surface area contributed by atoms with Crippen molar-refractivity contribution in [1.29, 1.82) is 0 Å². The molecule has 1 N–H and O–H groups in total. The maximum atomic E-state index is 12.4. The average molecular weight is 352 g/mol. The maximum absolute atomic E-state index is 12.4. The van der Waals surface area contributed by atoms with Crippen LogP contribution in [0.1, 0.15) is 28.4 Å². The molecule has 0 saturated heterocycles. The van der Waals surface area contributed by atoms with E-state index in [2.05, 4.69) is 41.5 Å². The molecular formula is C20H20N2O2S. The van der Waals surface area contributed by atoms with E-state index < -0.39 is 0 Å². The van der Waals surface area contributed by atoms with E-state index in [1.807, 2.05) is 23.6 Å². The second kappa shape index (κ2) is 8.05. The van der Waals surface area contributed by atoms with E-state index in [9.17, 15) is 4.79 Å². The third-order valence-electron chi connectivity index (χ3n) is 3.88. The lowest BCUT2D eigenvalue weighted by molar-refractivity contribution is 0.102. The van der Waals surface area contributed by atoms with E-state index in [0.29, 0.717) is 17.3 Å². The lowest BCUT2D eigenvalue weighted by Gasteiger charge is -2.04. The Balaban J connectivity index is 1.72. The van der Waals surface area contributed by atoms with Crippen LogP contribution < -0.4 is 5.32 Å². The van der Waals surface area contributed by atoms with E-state index in [1.165, 1.54) is 16.9 Å². The van der Waals surface area contributed by atoms with E-state index in [-0.39, 0.29) is 5.91 Å². The highest BCUT2D eigenvalue weighted by Crippen LogP contribution is 2.25. The molecule has 0 aliphatic carbocycles. The third kappa shape index (κ3) is 4.32. The zero-order valence-corrected chi connectivity index (χ0v) is 15.1. The normalized spacial score (nSPS) is 10.6. The molecule has 1 aromatic heterocycles. The Labute approximate surface area is 151 Å². The Morgan fingerprint density at radius 3 is 2.68 bits per heavy atom. The summed E-state index contributed by atoms with van der Waals surface area (Å²) < 4.78 is 5.11. The fraction of sp³-hybridized carbons (Fsp3) is 0.200. The topological polar surface area (TPSA) is 51.2 Å². The van der Waals surface area contributed by atoms with Gasteiger partial charge in [-0.15, -0.1) is 11.3 Å². The van der Waals surface area contributed by atoms with Crippen molar-refractivity contribution in [2.24, 2.45) is 0 Å². The van der Waals surface area contributed by atoms with Gasteiger partial charge in [0.2, 0.25) is 0 Å². The number of aromatic nitrogens is 1. The molecule has 0 unspecified atom stereocenters. The highest BCUT2D eigenvalue weighted by molar-refractivity contribution is 7.14. The van der Waals surface area contributed by atoms with Gasteiger partial charge in [0.05, 0.1) is 12.3 Å². The summed E-state index contributed by atoms with van der Waals surface area (Å²) in [7, 11) is 1.64. The Hall–Kier alpha value is -2.50. The quantitative estimate of drug-likeness (QED) is 0.695. The van der Waals surface area contributed by atoms with Crippen molar-refractivity contribution in [3.05, 3.63) is 70.6 Å². The first-order valence-corrected chi connectivity index (χ1v) is 9.01. The van der Waals surface area contributed by atoms with Crippen molar-refractivity contribution in [2.75, 3.05) is 12.4 Å². The van der Waals surface area contributed by atoms with Crippen LogP contribution in [0.4, 0.5) is 5.13 Å². The number of rotatable bonds is 6. The van der Waals surface area contributed by atoms with Crippen LogP contribution in [-0.4, -0.2) is 18.0 Å². The molecule has 1 heterocycles. The summed E-state index contributed by atoms with van der Waals surface area (Å²) in [6.07, 6.45) is 1.01. The number of methoxy groups -OCH3 is 1. The van der Waals surface area contributed by atoms with Gasteiger partial charge in [-0.2, -0.15) is 0 Å². The first kappa shape index (κ1) is 17.3. The van der Waals surface area contributed by atoms with Crippen LogP contribution >= 0.6 is 11.3 Å². The number of hydrogen-bond donors (Lipinski definition) is 1. The number of carbonyl (C=O) groups is 1. The van der Waals surface area contributed by atoms with Crippen molar-refractivity contribution in [3.63, 3.8) is 0 Å². The van der Waals surface area contributed by atoms with Crippen LogP contribution in [0.3, 0.4) is 0 Å². The molecule has 0 atom stereocenters. The van der Waals surface area contributed by atoms with Crippen molar-refractivity contribution in [2.45, 2.75) is 20.0 Å². The van der Waals surface area contributed by atoms with E-state index in [1.54, 1.807) is 13.2 Å². The molecule has 3 rings (SSSR count). The van der Waals surface area contributed by atoms with Crippen LogP contribution in [0.5, 0.6) is 0 Å².